The number of rotatable bonds is 7. The van der Waals surface area contributed by atoms with Gasteiger partial charge < -0.3 is 14.6 Å². The Morgan fingerprint density at radius 3 is 2.17 bits per heavy atom. The second kappa shape index (κ2) is 10.1. The molecular formula is C34H44N2O5S. The van der Waals surface area contributed by atoms with Gasteiger partial charge in [-0.3, -0.25) is 9.35 Å². The molecule has 0 bridgehead atoms. The van der Waals surface area contributed by atoms with E-state index in [0.29, 0.717) is 35.2 Å². The predicted octanol–water partition coefficient (Wildman–Crippen LogP) is 6.52. The smallest absolute Gasteiger partial charge is 0.269 e. The SMILES string of the molecule is CCN1c2cc3c(cc2C(CS(=O)(=O)O)=CC1(C)C)C(=O)c1cc2c(cc1C3(C)C)N(CCCC=O)C(C)(C)CC2C. The molecule has 2 heterocycles. The average molecular weight is 593 g/mol. The maximum Gasteiger partial charge on any atom is 0.269 e. The summed E-state index contributed by atoms with van der Waals surface area (Å²) < 4.78 is 33.8. The number of nitrogens with zero attached hydrogens (tertiary/aromatic N) is 2. The van der Waals surface area contributed by atoms with Crippen LogP contribution >= 0.6 is 0 Å². The van der Waals surface area contributed by atoms with E-state index in [0.717, 1.165) is 53.7 Å². The Morgan fingerprint density at radius 2 is 1.57 bits per heavy atom. The number of ketones is 1. The highest BCUT2D eigenvalue weighted by Crippen LogP contribution is 2.51. The first-order valence-corrected chi connectivity index (χ1v) is 16.6. The minimum atomic E-state index is -4.28. The van der Waals surface area contributed by atoms with Crippen LogP contribution < -0.4 is 9.80 Å². The highest BCUT2D eigenvalue weighted by atomic mass is 32.2. The molecule has 1 aliphatic carbocycles. The van der Waals surface area contributed by atoms with Crippen LogP contribution in [0.1, 0.15) is 119 Å². The zero-order valence-electron chi connectivity index (χ0n) is 26.2. The molecule has 1 unspecified atom stereocenters. The summed E-state index contributed by atoms with van der Waals surface area (Å²) in [5, 5.41) is 0. The maximum absolute atomic E-state index is 14.3. The summed E-state index contributed by atoms with van der Waals surface area (Å²) >= 11 is 0. The van der Waals surface area contributed by atoms with Crippen molar-refractivity contribution in [1.29, 1.82) is 0 Å². The molecule has 2 aromatic carbocycles. The first-order valence-electron chi connectivity index (χ1n) is 15.0. The number of unbranched alkanes of at least 4 members (excludes halogenated alkanes) is 1. The van der Waals surface area contributed by atoms with Gasteiger partial charge in [0.1, 0.15) is 12.0 Å². The third-order valence-electron chi connectivity index (χ3n) is 9.71. The summed E-state index contributed by atoms with van der Waals surface area (Å²) in [5.41, 5.74) is 6.42. The van der Waals surface area contributed by atoms with Crippen molar-refractivity contribution >= 4 is 39.1 Å². The molecule has 226 valence electrons. The van der Waals surface area contributed by atoms with Crippen molar-refractivity contribution in [2.24, 2.45) is 0 Å². The summed E-state index contributed by atoms with van der Waals surface area (Å²) in [4.78, 5) is 30.1. The van der Waals surface area contributed by atoms with Gasteiger partial charge in [0.05, 0.1) is 5.54 Å². The van der Waals surface area contributed by atoms with Crippen molar-refractivity contribution < 1.29 is 22.6 Å². The first kappa shape index (κ1) is 30.5. The molecule has 7 nitrogen and oxygen atoms in total. The van der Waals surface area contributed by atoms with Gasteiger partial charge in [-0.1, -0.05) is 26.8 Å². The average Bonchev–Trinajstić information content (AvgIpc) is 2.86. The van der Waals surface area contributed by atoms with E-state index in [1.54, 1.807) is 0 Å². The van der Waals surface area contributed by atoms with Gasteiger partial charge in [-0.15, -0.1) is 0 Å². The molecule has 0 fully saturated rings. The lowest BCUT2D eigenvalue weighted by Gasteiger charge is -2.49. The Kier molecular flexibility index (Phi) is 7.30. The van der Waals surface area contributed by atoms with E-state index in [4.69, 9.17) is 0 Å². The van der Waals surface area contributed by atoms with Crippen LogP contribution in [0.3, 0.4) is 0 Å². The van der Waals surface area contributed by atoms with E-state index in [1.807, 2.05) is 26.0 Å². The molecule has 1 N–H and O–H groups in total. The van der Waals surface area contributed by atoms with Crippen LogP contribution in [-0.2, 0) is 20.3 Å². The van der Waals surface area contributed by atoms with E-state index >= 15 is 0 Å². The van der Waals surface area contributed by atoms with Crippen molar-refractivity contribution in [1.82, 2.24) is 0 Å². The maximum atomic E-state index is 14.3. The van der Waals surface area contributed by atoms with Gasteiger partial charge in [-0.25, -0.2) is 0 Å². The molecule has 1 atom stereocenters. The molecule has 8 heteroatoms. The Hall–Kier alpha value is -2.97. The predicted molar refractivity (Wildman–Crippen MR) is 170 cm³/mol. The van der Waals surface area contributed by atoms with Gasteiger partial charge in [0.15, 0.2) is 5.78 Å². The lowest BCUT2D eigenvalue weighted by atomic mass is 9.66. The second-order valence-corrected chi connectivity index (χ2v) is 15.5. The highest BCUT2D eigenvalue weighted by Gasteiger charge is 2.44. The van der Waals surface area contributed by atoms with E-state index in [-0.39, 0.29) is 17.2 Å². The number of benzene rings is 2. The third-order valence-corrected chi connectivity index (χ3v) is 10.4. The minimum absolute atomic E-state index is 0.0615. The van der Waals surface area contributed by atoms with Gasteiger partial charge in [0.2, 0.25) is 0 Å². The third kappa shape index (κ3) is 4.90. The Morgan fingerprint density at radius 1 is 0.952 bits per heavy atom. The van der Waals surface area contributed by atoms with Crippen LogP contribution in [0.25, 0.3) is 5.57 Å². The van der Waals surface area contributed by atoms with E-state index < -0.39 is 26.8 Å². The zero-order valence-corrected chi connectivity index (χ0v) is 27.0. The molecule has 2 aromatic rings. The van der Waals surface area contributed by atoms with Crippen molar-refractivity contribution in [2.75, 3.05) is 28.6 Å². The van der Waals surface area contributed by atoms with Crippen LogP contribution in [0.2, 0.25) is 0 Å². The zero-order chi connectivity index (χ0) is 31.0. The van der Waals surface area contributed by atoms with Crippen molar-refractivity contribution in [3.63, 3.8) is 0 Å². The monoisotopic (exact) mass is 592 g/mol. The summed E-state index contributed by atoms with van der Waals surface area (Å²) in [6, 6.07) is 8.22. The second-order valence-electron chi connectivity index (χ2n) is 14.0. The molecule has 0 saturated heterocycles. The molecule has 3 aliphatic rings. The van der Waals surface area contributed by atoms with E-state index in [9.17, 15) is 22.6 Å². The molecule has 0 spiro atoms. The summed E-state index contributed by atoms with van der Waals surface area (Å²) in [5.74, 6) is -0.309. The minimum Gasteiger partial charge on any atom is -0.366 e. The fraction of sp³-hybridized carbons (Fsp3) is 0.529. The van der Waals surface area contributed by atoms with Crippen LogP contribution in [0.15, 0.2) is 30.3 Å². The molecule has 0 saturated carbocycles. The lowest BCUT2D eigenvalue weighted by Crippen LogP contribution is -2.49. The molecule has 5 rings (SSSR count). The molecular weight excluding hydrogens is 548 g/mol. The van der Waals surface area contributed by atoms with Crippen LogP contribution in [0, 0.1) is 0 Å². The Balaban J connectivity index is 1.72. The van der Waals surface area contributed by atoms with Gasteiger partial charge >= 0.3 is 0 Å². The number of aldehydes is 1. The van der Waals surface area contributed by atoms with E-state index in [1.165, 1.54) is 0 Å². The highest BCUT2D eigenvalue weighted by molar-refractivity contribution is 7.86. The number of carbonyl (C=O) groups is 2. The van der Waals surface area contributed by atoms with E-state index in [2.05, 4.69) is 69.5 Å². The standard InChI is InChI=1S/C34H44N2O5S/c1-9-35-30-17-28-26(15-24(30)22(19-33(35,5)6)20-42(39,40)41)31(38)25-14-23-21(2)18-32(3,4)36(12-10-11-13-37)29(23)16-27(25)34(28,7)8/h13-17,19,21H,9-12,18,20H2,1-8H3,(H,39,40,41). The number of anilines is 2. The fourth-order valence-corrected chi connectivity index (χ4v) is 8.47. The summed E-state index contributed by atoms with van der Waals surface area (Å²) in [6.45, 7) is 18.6. The Labute approximate surface area is 250 Å². The van der Waals surface area contributed by atoms with Crippen molar-refractivity contribution in [3.05, 3.63) is 63.7 Å². The quantitative estimate of drug-likeness (QED) is 0.222. The summed E-state index contributed by atoms with van der Waals surface area (Å²) in [6.07, 6.45) is 5.10. The van der Waals surface area contributed by atoms with Gasteiger partial charge in [-0.2, -0.15) is 8.42 Å². The van der Waals surface area contributed by atoms with Gasteiger partial charge in [0.25, 0.3) is 10.1 Å². The number of fused-ring (bicyclic) bond motifs is 4. The topological polar surface area (TPSA) is 95.0 Å². The largest absolute Gasteiger partial charge is 0.366 e. The van der Waals surface area contributed by atoms with Crippen molar-refractivity contribution in [3.8, 4) is 0 Å². The van der Waals surface area contributed by atoms with Crippen LogP contribution in [0.4, 0.5) is 11.4 Å². The molecule has 42 heavy (non-hydrogen) atoms. The number of likely N-dealkylation sites (N-methyl/N-ethyl adjacent to an activating group) is 1. The first-order chi connectivity index (χ1) is 19.4. The van der Waals surface area contributed by atoms with Crippen LogP contribution in [0.5, 0.6) is 0 Å². The lowest BCUT2D eigenvalue weighted by molar-refractivity contribution is -0.107. The van der Waals surface area contributed by atoms with Gasteiger partial charge in [0, 0.05) is 58.5 Å². The number of hydrogen-bond donors (Lipinski definition) is 1. The molecule has 0 aromatic heterocycles. The van der Waals surface area contributed by atoms with Crippen LogP contribution in [-0.4, -0.2) is 55.0 Å². The van der Waals surface area contributed by atoms with Crippen molar-refractivity contribution in [2.45, 2.75) is 97.1 Å². The molecule has 0 radical (unpaired) electrons. The van der Waals surface area contributed by atoms with Gasteiger partial charge in [-0.05, 0) is 99.9 Å². The number of hydrogen-bond acceptors (Lipinski definition) is 6. The Bertz CT molecular complexity index is 1620. The fourth-order valence-electron chi connectivity index (χ4n) is 7.84. The number of carbonyl (C=O) groups excluding carboxylic acids is 2. The summed E-state index contributed by atoms with van der Waals surface area (Å²) in [7, 11) is -4.28. The normalized spacial score (nSPS) is 21.6. The molecule has 0 amide bonds. The molecule has 2 aliphatic heterocycles.